The van der Waals surface area contributed by atoms with Gasteiger partial charge in [-0.3, -0.25) is 0 Å². The van der Waals surface area contributed by atoms with Crippen LogP contribution in [0.1, 0.15) is 56.9 Å². The van der Waals surface area contributed by atoms with Gasteiger partial charge in [-0.2, -0.15) is 0 Å². The summed E-state index contributed by atoms with van der Waals surface area (Å²) in [5, 5.41) is 9.21. The Bertz CT molecular complexity index is 715. The zero-order valence-corrected chi connectivity index (χ0v) is 19.6. The topological polar surface area (TPSA) is 91.3 Å². The Morgan fingerprint density at radius 1 is 0.727 bits per heavy atom. The minimum Gasteiger partial charge on any atom is -0.490 e. The van der Waals surface area contributed by atoms with Crippen LogP contribution >= 0.6 is 0 Å². The van der Waals surface area contributed by atoms with Gasteiger partial charge in [0.2, 0.25) is 0 Å². The maximum Gasteiger partial charge on any atom is 0.330 e. The van der Waals surface area contributed by atoms with Crippen LogP contribution in [0, 0.1) is 0 Å². The van der Waals surface area contributed by atoms with E-state index in [1.807, 2.05) is 18.2 Å². The molecule has 33 heavy (non-hydrogen) atoms. The molecular formula is C26H38O7. The van der Waals surface area contributed by atoms with Crippen molar-refractivity contribution in [3.63, 3.8) is 0 Å². The molecule has 0 bridgehead atoms. The van der Waals surface area contributed by atoms with Crippen molar-refractivity contribution in [3.05, 3.63) is 49.1 Å². The second-order valence-electron chi connectivity index (χ2n) is 7.52. The Hall–Kier alpha value is -2.80. The van der Waals surface area contributed by atoms with Gasteiger partial charge < -0.3 is 24.1 Å². The molecule has 1 N–H and O–H groups in total. The van der Waals surface area contributed by atoms with Crippen molar-refractivity contribution in [2.75, 3.05) is 33.0 Å². The van der Waals surface area contributed by atoms with Gasteiger partial charge in [0.15, 0.2) is 11.5 Å². The number of aliphatic hydroxyl groups is 1. The third-order valence-corrected chi connectivity index (χ3v) is 4.82. The van der Waals surface area contributed by atoms with E-state index >= 15 is 0 Å². The standard InChI is InChI=1S/C26H38O7/c1-3-25(28)32-19-11-7-5-9-17-30-23-14-13-22(15-16-27)21-24(23)31-18-10-6-8-12-20-33-26(29)4-2/h3-4,13-14,21,27H,1-2,5-12,15-20H2. The molecule has 0 aliphatic heterocycles. The summed E-state index contributed by atoms with van der Waals surface area (Å²) >= 11 is 0. The van der Waals surface area contributed by atoms with Crippen molar-refractivity contribution in [2.45, 2.75) is 57.8 Å². The van der Waals surface area contributed by atoms with Crippen LogP contribution in [0.15, 0.2) is 43.5 Å². The molecule has 1 aromatic rings. The lowest BCUT2D eigenvalue weighted by Crippen LogP contribution is -2.05. The number of esters is 2. The molecule has 1 rings (SSSR count). The van der Waals surface area contributed by atoms with Gasteiger partial charge >= 0.3 is 11.9 Å². The zero-order valence-electron chi connectivity index (χ0n) is 19.6. The van der Waals surface area contributed by atoms with Gasteiger partial charge in [-0.25, -0.2) is 9.59 Å². The first kappa shape index (κ1) is 28.2. The van der Waals surface area contributed by atoms with E-state index in [0.717, 1.165) is 56.9 Å². The third-order valence-electron chi connectivity index (χ3n) is 4.82. The first-order valence-electron chi connectivity index (χ1n) is 11.7. The smallest absolute Gasteiger partial charge is 0.330 e. The molecule has 0 radical (unpaired) electrons. The average Bonchev–Trinajstić information content (AvgIpc) is 2.83. The number of aliphatic hydroxyl groups excluding tert-OH is 1. The van der Waals surface area contributed by atoms with Gasteiger partial charge in [0.05, 0.1) is 26.4 Å². The van der Waals surface area contributed by atoms with Crippen molar-refractivity contribution in [1.82, 2.24) is 0 Å². The van der Waals surface area contributed by atoms with E-state index in [4.69, 9.17) is 18.9 Å². The Morgan fingerprint density at radius 3 is 1.70 bits per heavy atom. The largest absolute Gasteiger partial charge is 0.490 e. The van der Waals surface area contributed by atoms with Crippen LogP contribution in [0.2, 0.25) is 0 Å². The van der Waals surface area contributed by atoms with Crippen molar-refractivity contribution in [1.29, 1.82) is 0 Å². The van der Waals surface area contributed by atoms with Crippen LogP contribution in [0.3, 0.4) is 0 Å². The molecule has 7 nitrogen and oxygen atoms in total. The number of benzene rings is 1. The maximum absolute atomic E-state index is 11.0. The van der Waals surface area contributed by atoms with Crippen molar-refractivity contribution in [3.8, 4) is 11.5 Å². The van der Waals surface area contributed by atoms with Gasteiger partial charge in [-0.1, -0.05) is 19.2 Å². The fraction of sp³-hybridized carbons (Fsp3) is 0.538. The number of carbonyl (C=O) groups excluding carboxylic acids is 2. The molecule has 184 valence electrons. The molecule has 0 saturated heterocycles. The number of unbranched alkanes of at least 4 members (excludes halogenated alkanes) is 6. The summed E-state index contributed by atoms with van der Waals surface area (Å²) < 4.78 is 21.8. The molecule has 7 heteroatoms. The maximum atomic E-state index is 11.0. The molecule has 0 aliphatic rings. The third kappa shape index (κ3) is 14.1. The minimum atomic E-state index is -0.386. The van der Waals surface area contributed by atoms with Gasteiger partial charge in [-0.05, 0) is 75.5 Å². The average molecular weight is 463 g/mol. The highest BCUT2D eigenvalue weighted by Crippen LogP contribution is 2.29. The van der Waals surface area contributed by atoms with Crippen molar-refractivity contribution in [2.24, 2.45) is 0 Å². The Morgan fingerprint density at radius 2 is 1.21 bits per heavy atom. The fourth-order valence-electron chi connectivity index (χ4n) is 3.01. The van der Waals surface area contributed by atoms with E-state index in [9.17, 15) is 14.7 Å². The van der Waals surface area contributed by atoms with E-state index in [1.54, 1.807) is 0 Å². The quantitative estimate of drug-likeness (QED) is 0.173. The van der Waals surface area contributed by atoms with Gasteiger partial charge in [0.25, 0.3) is 0 Å². The summed E-state index contributed by atoms with van der Waals surface area (Å²) in [7, 11) is 0. The monoisotopic (exact) mass is 462 g/mol. The zero-order chi connectivity index (χ0) is 24.2. The molecule has 0 atom stereocenters. The Labute approximate surface area is 197 Å². The Balaban J connectivity index is 2.31. The molecule has 1 aromatic carbocycles. The fourth-order valence-corrected chi connectivity index (χ4v) is 3.01. The second-order valence-corrected chi connectivity index (χ2v) is 7.52. The van der Waals surface area contributed by atoms with Crippen LogP contribution in [-0.2, 0) is 25.5 Å². The normalized spacial score (nSPS) is 10.3. The predicted molar refractivity (Wildman–Crippen MR) is 127 cm³/mol. The van der Waals surface area contributed by atoms with E-state index in [2.05, 4.69) is 13.2 Å². The molecule has 0 aliphatic carbocycles. The first-order chi connectivity index (χ1) is 16.1. The molecule has 0 aromatic heterocycles. The van der Waals surface area contributed by atoms with Gasteiger partial charge in [0, 0.05) is 18.8 Å². The van der Waals surface area contributed by atoms with E-state index in [-0.39, 0.29) is 18.5 Å². The minimum absolute atomic E-state index is 0.0815. The number of rotatable bonds is 20. The summed E-state index contributed by atoms with van der Waals surface area (Å²) in [6.45, 7) is 8.78. The molecule has 0 unspecified atom stereocenters. The van der Waals surface area contributed by atoms with Gasteiger partial charge in [0.1, 0.15) is 0 Å². The Kier molecular flexibility index (Phi) is 16.0. The molecular weight excluding hydrogens is 424 g/mol. The van der Waals surface area contributed by atoms with Crippen LogP contribution in [0.5, 0.6) is 11.5 Å². The number of ether oxygens (including phenoxy) is 4. The summed E-state index contributed by atoms with van der Waals surface area (Å²) in [4.78, 5) is 22.0. The molecule has 0 amide bonds. The van der Waals surface area contributed by atoms with E-state index in [0.29, 0.717) is 44.3 Å². The van der Waals surface area contributed by atoms with Crippen LogP contribution in [-0.4, -0.2) is 50.1 Å². The van der Waals surface area contributed by atoms with E-state index < -0.39 is 0 Å². The number of hydrogen-bond donors (Lipinski definition) is 1. The SMILES string of the molecule is C=CC(=O)OCCCCCCOc1ccc(CCO)cc1OCCCCCCOC(=O)C=C. The highest BCUT2D eigenvalue weighted by Gasteiger charge is 2.08. The van der Waals surface area contributed by atoms with Crippen LogP contribution in [0.25, 0.3) is 0 Å². The highest BCUT2D eigenvalue weighted by atomic mass is 16.5. The van der Waals surface area contributed by atoms with Crippen LogP contribution in [0.4, 0.5) is 0 Å². The first-order valence-corrected chi connectivity index (χ1v) is 11.7. The molecule has 0 spiro atoms. The molecule has 0 heterocycles. The summed E-state index contributed by atoms with van der Waals surface area (Å²) in [5.41, 5.74) is 0.998. The van der Waals surface area contributed by atoms with E-state index in [1.165, 1.54) is 12.2 Å². The summed E-state index contributed by atoms with van der Waals surface area (Å²) in [6.07, 6.45) is 10.2. The van der Waals surface area contributed by atoms with Gasteiger partial charge in [-0.15, -0.1) is 0 Å². The summed E-state index contributed by atoms with van der Waals surface area (Å²) in [6, 6.07) is 5.76. The predicted octanol–water partition coefficient (Wildman–Crippen LogP) is 4.56. The lowest BCUT2D eigenvalue weighted by atomic mass is 10.1. The van der Waals surface area contributed by atoms with Crippen molar-refractivity contribution >= 4 is 11.9 Å². The second kappa shape index (κ2) is 18.7. The highest BCUT2D eigenvalue weighted by molar-refractivity contribution is 5.81. The van der Waals surface area contributed by atoms with Crippen LogP contribution < -0.4 is 9.47 Å². The lowest BCUT2D eigenvalue weighted by molar-refractivity contribution is -0.138. The lowest BCUT2D eigenvalue weighted by Gasteiger charge is -2.14. The number of hydrogen-bond acceptors (Lipinski definition) is 7. The van der Waals surface area contributed by atoms with Crippen molar-refractivity contribution < 1.29 is 33.6 Å². The number of carbonyl (C=O) groups is 2. The molecule has 0 fully saturated rings. The summed E-state index contributed by atoms with van der Waals surface area (Å²) in [5.74, 6) is 0.623. The molecule has 0 saturated carbocycles.